The van der Waals surface area contributed by atoms with Crippen LogP contribution in [0.3, 0.4) is 0 Å². The van der Waals surface area contributed by atoms with Gasteiger partial charge in [0.2, 0.25) is 5.91 Å². The van der Waals surface area contributed by atoms with Gasteiger partial charge in [-0.15, -0.1) is 6.58 Å². The fraction of sp³-hybridized carbons (Fsp3) is 0.250. The first-order valence-corrected chi connectivity index (χ1v) is 5.00. The number of hydrogen-bond donors (Lipinski definition) is 1. The van der Waals surface area contributed by atoms with Crippen molar-refractivity contribution in [3.63, 3.8) is 0 Å². The molecule has 0 aromatic carbocycles. The topological polar surface area (TPSA) is 53.7 Å². The Bertz CT molecular complexity index is 354. The van der Waals surface area contributed by atoms with Gasteiger partial charge in [-0.1, -0.05) is 6.08 Å². The van der Waals surface area contributed by atoms with E-state index in [0.717, 1.165) is 0 Å². The molecule has 1 amide bonds. The van der Waals surface area contributed by atoms with Crippen molar-refractivity contribution in [2.24, 2.45) is 0 Å². The largest absolute Gasteiger partial charge is 0.465 e. The molecule has 1 rings (SSSR count). The van der Waals surface area contributed by atoms with Crippen LogP contribution in [0.25, 0.3) is 6.08 Å². The van der Waals surface area contributed by atoms with E-state index in [-0.39, 0.29) is 12.5 Å². The van der Waals surface area contributed by atoms with E-state index in [9.17, 15) is 4.79 Å². The van der Waals surface area contributed by atoms with Gasteiger partial charge in [0.25, 0.3) is 0 Å². The summed E-state index contributed by atoms with van der Waals surface area (Å²) >= 11 is 0. The molecule has 0 saturated carbocycles. The number of nitrogens with zero attached hydrogens (tertiary/aromatic N) is 1. The summed E-state index contributed by atoms with van der Waals surface area (Å²) in [5, 5.41) is 8.79. The molecule has 0 spiro atoms. The molecule has 0 radical (unpaired) electrons. The van der Waals surface area contributed by atoms with E-state index in [1.807, 2.05) is 0 Å². The van der Waals surface area contributed by atoms with E-state index in [4.69, 9.17) is 9.52 Å². The monoisotopic (exact) mass is 221 g/mol. The van der Waals surface area contributed by atoms with Crippen molar-refractivity contribution in [2.75, 3.05) is 19.7 Å². The molecule has 0 atom stereocenters. The molecule has 1 aromatic heterocycles. The molecule has 1 aromatic rings. The van der Waals surface area contributed by atoms with Crippen LogP contribution in [0.4, 0.5) is 0 Å². The van der Waals surface area contributed by atoms with Gasteiger partial charge in [0.1, 0.15) is 5.76 Å². The Balaban J connectivity index is 2.57. The molecular formula is C12H15NO3. The lowest BCUT2D eigenvalue weighted by Crippen LogP contribution is -2.32. The van der Waals surface area contributed by atoms with Crippen LogP contribution in [0.5, 0.6) is 0 Å². The third kappa shape index (κ3) is 3.74. The Labute approximate surface area is 94.5 Å². The fourth-order valence-corrected chi connectivity index (χ4v) is 1.21. The molecule has 1 heterocycles. The average molecular weight is 221 g/mol. The lowest BCUT2D eigenvalue weighted by molar-refractivity contribution is -0.125. The molecule has 0 aliphatic heterocycles. The number of furan rings is 1. The first kappa shape index (κ1) is 12.3. The maximum Gasteiger partial charge on any atom is 0.247 e. The number of amides is 1. The number of hydrogen-bond acceptors (Lipinski definition) is 3. The van der Waals surface area contributed by atoms with E-state index < -0.39 is 0 Å². The molecule has 4 nitrogen and oxygen atoms in total. The van der Waals surface area contributed by atoms with E-state index in [0.29, 0.717) is 18.8 Å². The number of carbonyl (C=O) groups excluding carboxylic acids is 1. The zero-order chi connectivity index (χ0) is 11.8. The van der Waals surface area contributed by atoms with Gasteiger partial charge in [-0.05, 0) is 18.2 Å². The van der Waals surface area contributed by atoms with Gasteiger partial charge in [0, 0.05) is 19.2 Å². The summed E-state index contributed by atoms with van der Waals surface area (Å²) in [7, 11) is 0. The van der Waals surface area contributed by atoms with Gasteiger partial charge >= 0.3 is 0 Å². The van der Waals surface area contributed by atoms with Gasteiger partial charge in [-0.3, -0.25) is 4.79 Å². The molecule has 0 bridgehead atoms. The number of aliphatic hydroxyl groups excluding tert-OH is 1. The number of rotatable bonds is 6. The summed E-state index contributed by atoms with van der Waals surface area (Å²) < 4.78 is 5.06. The molecule has 0 fully saturated rings. The van der Waals surface area contributed by atoms with Crippen LogP contribution in [-0.4, -0.2) is 35.6 Å². The van der Waals surface area contributed by atoms with Crippen molar-refractivity contribution in [2.45, 2.75) is 0 Å². The highest BCUT2D eigenvalue weighted by Gasteiger charge is 2.07. The maximum absolute atomic E-state index is 11.7. The first-order chi connectivity index (χ1) is 7.77. The minimum absolute atomic E-state index is 0.0613. The highest BCUT2D eigenvalue weighted by Crippen LogP contribution is 2.03. The molecule has 16 heavy (non-hydrogen) atoms. The molecule has 86 valence electrons. The van der Waals surface area contributed by atoms with Gasteiger partial charge in [-0.25, -0.2) is 0 Å². The molecule has 1 N–H and O–H groups in total. The molecule has 4 heteroatoms. The summed E-state index contributed by atoms with van der Waals surface area (Å²) in [6.45, 7) is 4.21. The Hall–Kier alpha value is -1.81. The maximum atomic E-state index is 11.7. The predicted molar refractivity (Wildman–Crippen MR) is 61.6 cm³/mol. The first-order valence-electron chi connectivity index (χ1n) is 5.00. The average Bonchev–Trinajstić information content (AvgIpc) is 2.78. The Morgan fingerprint density at radius 3 is 3.00 bits per heavy atom. The van der Waals surface area contributed by atoms with Crippen LogP contribution in [0.1, 0.15) is 5.76 Å². The predicted octanol–water partition coefficient (Wildman–Crippen LogP) is 1.30. The highest BCUT2D eigenvalue weighted by atomic mass is 16.3. The van der Waals surface area contributed by atoms with E-state index in [1.54, 1.807) is 30.5 Å². The van der Waals surface area contributed by atoms with Crippen LogP contribution < -0.4 is 0 Å². The minimum atomic E-state index is -0.176. The van der Waals surface area contributed by atoms with Crippen molar-refractivity contribution in [3.05, 3.63) is 42.9 Å². The van der Waals surface area contributed by atoms with Gasteiger partial charge < -0.3 is 14.4 Å². The molecule has 0 aliphatic rings. The standard InChI is InChI=1S/C12H15NO3/c1-2-7-13(8-9-14)12(15)6-5-11-4-3-10-16-11/h2-6,10,14H,1,7-9H2/b6-5+. The number of carbonyl (C=O) groups is 1. The third-order valence-corrected chi connectivity index (χ3v) is 1.96. The summed E-state index contributed by atoms with van der Waals surface area (Å²) in [6.07, 6.45) is 6.17. The van der Waals surface area contributed by atoms with Crippen molar-refractivity contribution in [3.8, 4) is 0 Å². The van der Waals surface area contributed by atoms with Crippen LogP contribution in [0.15, 0.2) is 41.5 Å². The molecule has 0 aliphatic carbocycles. The third-order valence-electron chi connectivity index (χ3n) is 1.96. The lowest BCUT2D eigenvalue weighted by Gasteiger charge is -2.17. The zero-order valence-electron chi connectivity index (χ0n) is 9.00. The highest BCUT2D eigenvalue weighted by molar-refractivity contribution is 5.91. The summed E-state index contributed by atoms with van der Waals surface area (Å²) in [4.78, 5) is 13.1. The van der Waals surface area contributed by atoms with E-state index in [2.05, 4.69) is 6.58 Å². The zero-order valence-corrected chi connectivity index (χ0v) is 9.00. The van der Waals surface area contributed by atoms with Crippen molar-refractivity contribution in [1.29, 1.82) is 0 Å². The smallest absolute Gasteiger partial charge is 0.247 e. The summed E-state index contributed by atoms with van der Waals surface area (Å²) in [6, 6.07) is 3.51. The number of aliphatic hydroxyl groups is 1. The van der Waals surface area contributed by atoms with Crippen molar-refractivity contribution >= 4 is 12.0 Å². The van der Waals surface area contributed by atoms with Gasteiger partial charge in [-0.2, -0.15) is 0 Å². The quantitative estimate of drug-likeness (QED) is 0.582. The normalized spacial score (nSPS) is 10.6. The van der Waals surface area contributed by atoms with Crippen molar-refractivity contribution < 1.29 is 14.3 Å². The van der Waals surface area contributed by atoms with Crippen LogP contribution in [0.2, 0.25) is 0 Å². The van der Waals surface area contributed by atoms with Crippen LogP contribution in [0, 0.1) is 0 Å². The second kappa shape index (κ2) is 6.63. The minimum Gasteiger partial charge on any atom is -0.465 e. The lowest BCUT2D eigenvalue weighted by atomic mass is 10.3. The van der Waals surface area contributed by atoms with E-state index >= 15 is 0 Å². The summed E-state index contributed by atoms with van der Waals surface area (Å²) in [5.74, 6) is 0.446. The van der Waals surface area contributed by atoms with Gasteiger partial charge in [0.05, 0.1) is 12.9 Å². The van der Waals surface area contributed by atoms with Gasteiger partial charge in [0.15, 0.2) is 0 Å². The molecule has 0 saturated heterocycles. The van der Waals surface area contributed by atoms with Crippen LogP contribution >= 0.6 is 0 Å². The van der Waals surface area contributed by atoms with E-state index in [1.165, 1.54) is 11.0 Å². The van der Waals surface area contributed by atoms with Crippen LogP contribution in [-0.2, 0) is 4.79 Å². The Morgan fingerprint density at radius 1 is 1.62 bits per heavy atom. The Morgan fingerprint density at radius 2 is 2.44 bits per heavy atom. The summed E-state index contributed by atoms with van der Waals surface area (Å²) in [5.41, 5.74) is 0. The SMILES string of the molecule is C=CCN(CCO)C(=O)/C=C/c1ccco1. The second-order valence-electron chi connectivity index (χ2n) is 3.15. The molecule has 0 unspecified atom stereocenters. The fourth-order valence-electron chi connectivity index (χ4n) is 1.21. The van der Waals surface area contributed by atoms with Crippen molar-refractivity contribution in [1.82, 2.24) is 4.90 Å². The molecular weight excluding hydrogens is 206 g/mol. The second-order valence-corrected chi connectivity index (χ2v) is 3.15. The Kier molecular flexibility index (Phi) is 5.08.